The van der Waals surface area contributed by atoms with E-state index in [-0.39, 0.29) is 42.3 Å². The molecule has 1 fully saturated rings. The first-order valence-electron chi connectivity index (χ1n) is 11.3. The molecule has 0 bridgehead atoms. The number of halogens is 3. The van der Waals surface area contributed by atoms with Crippen LogP contribution >= 0.6 is 0 Å². The SMILES string of the molecule is CS(=O)(=O)CC(=O)Nc1c2c(nn1-c1ccc(C#N)cn1)CC1(CN(c3ccc(C(F)(F)F)cn3)C1)NC2=O. The zero-order chi connectivity index (χ0) is 28.2. The number of nitriles is 1. The van der Waals surface area contributed by atoms with E-state index in [4.69, 9.17) is 5.26 Å². The fraction of sp³-hybridized carbons (Fsp3) is 0.304. The van der Waals surface area contributed by atoms with Crippen LogP contribution in [-0.4, -0.2) is 70.6 Å². The summed E-state index contributed by atoms with van der Waals surface area (Å²) in [6.45, 7) is 0.489. The zero-order valence-corrected chi connectivity index (χ0v) is 21.0. The number of hydrogen-bond donors (Lipinski definition) is 2. The van der Waals surface area contributed by atoms with E-state index >= 15 is 0 Å². The molecule has 3 aromatic rings. The third kappa shape index (κ3) is 5.12. The third-order valence-corrected chi connectivity index (χ3v) is 6.99. The molecule has 5 rings (SSSR count). The smallest absolute Gasteiger partial charge is 0.352 e. The molecule has 202 valence electrons. The van der Waals surface area contributed by atoms with E-state index in [1.165, 1.54) is 29.1 Å². The summed E-state index contributed by atoms with van der Waals surface area (Å²) < 4.78 is 63.0. The van der Waals surface area contributed by atoms with Gasteiger partial charge in [-0.3, -0.25) is 9.59 Å². The Balaban J connectivity index is 1.44. The first-order chi connectivity index (χ1) is 18.3. The molecular formula is C23H19F3N8O4S. The summed E-state index contributed by atoms with van der Waals surface area (Å²) >= 11 is 0. The number of carbonyl (C=O) groups is 2. The van der Waals surface area contributed by atoms with Crippen molar-refractivity contribution in [2.75, 3.05) is 35.3 Å². The van der Waals surface area contributed by atoms with Gasteiger partial charge in [0.15, 0.2) is 21.5 Å². The molecule has 16 heteroatoms. The summed E-state index contributed by atoms with van der Waals surface area (Å²) in [5.41, 5.74) is -1.06. The van der Waals surface area contributed by atoms with Crippen LogP contribution in [0.25, 0.3) is 5.82 Å². The van der Waals surface area contributed by atoms with Gasteiger partial charge in [0, 0.05) is 38.2 Å². The average Bonchev–Trinajstić information content (AvgIpc) is 3.19. The number of nitrogens with one attached hydrogen (secondary N) is 2. The van der Waals surface area contributed by atoms with Gasteiger partial charge < -0.3 is 15.5 Å². The molecule has 1 saturated heterocycles. The molecule has 2 aliphatic rings. The molecule has 0 aliphatic carbocycles. The molecule has 0 radical (unpaired) electrons. The van der Waals surface area contributed by atoms with Gasteiger partial charge in [0.1, 0.15) is 23.2 Å². The molecule has 12 nitrogen and oxygen atoms in total. The van der Waals surface area contributed by atoms with Crippen LogP contribution in [0, 0.1) is 11.3 Å². The predicted octanol–water partition coefficient (Wildman–Crippen LogP) is 1.08. The van der Waals surface area contributed by atoms with Gasteiger partial charge >= 0.3 is 6.18 Å². The van der Waals surface area contributed by atoms with E-state index < -0.39 is 44.7 Å². The zero-order valence-electron chi connectivity index (χ0n) is 20.2. The second-order valence-electron chi connectivity index (χ2n) is 9.39. The van der Waals surface area contributed by atoms with Gasteiger partial charge in [0.05, 0.1) is 22.4 Å². The van der Waals surface area contributed by atoms with Crippen molar-refractivity contribution in [3.63, 3.8) is 0 Å². The molecule has 3 aromatic heterocycles. The first-order valence-corrected chi connectivity index (χ1v) is 13.4. The van der Waals surface area contributed by atoms with Gasteiger partial charge in [-0.15, -0.1) is 0 Å². The summed E-state index contributed by atoms with van der Waals surface area (Å²) in [7, 11) is -3.67. The molecule has 2 amide bonds. The van der Waals surface area contributed by atoms with E-state index in [1.807, 2.05) is 6.07 Å². The van der Waals surface area contributed by atoms with Crippen LogP contribution < -0.4 is 15.5 Å². The number of carbonyl (C=O) groups excluding carboxylic acids is 2. The van der Waals surface area contributed by atoms with Gasteiger partial charge in [-0.1, -0.05) is 0 Å². The number of hydrogen-bond acceptors (Lipinski definition) is 9. The van der Waals surface area contributed by atoms with Crippen molar-refractivity contribution >= 4 is 33.3 Å². The van der Waals surface area contributed by atoms with E-state index in [1.54, 1.807) is 4.90 Å². The summed E-state index contributed by atoms with van der Waals surface area (Å²) in [4.78, 5) is 35.5. The molecule has 5 heterocycles. The number of fused-ring (bicyclic) bond motifs is 1. The number of aromatic nitrogens is 4. The molecule has 2 aliphatic heterocycles. The molecule has 0 aromatic carbocycles. The standard InChI is InChI=1S/C23H19F3N8O4S/c1-39(37,38)10-18(35)30-20-19-15(32-34(20)17-4-2-13(7-27)8-28-17)6-22(31-21(19)36)11-33(12-22)16-5-3-14(9-29-16)23(24,25)26/h2-5,8-9H,6,10-12H2,1H3,(H,30,35)(H,31,36). The monoisotopic (exact) mass is 560 g/mol. The van der Waals surface area contributed by atoms with Crippen LogP contribution in [-0.2, 0) is 27.2 Å². The highest BCUT2D eigenvalue weighted by Gasteiger charge is 2.50. The highest BCUT2D eigenvalue weighted by molar-refractivity contribution is 7.91. The van der Waals surface area contributed by atoms with Crippen molar-refractivity contribution in [2.45, 2.75) is 18.1 Å². The number of nitrogens with zero attached hydrogens (tertiary/aromatic N) is 6. The summed E-state index contributed by atoms with van der Waals surface area (Å²) in [6, 6.07) is 7.04. The highest BCUT2D eigenvalue weighted by atomic mass is 32.2. The van der Waals surface area contributed by atoms with Gasteiger partial charge in [0.2, 0.25) is 5.91 Å². The lowest BCUT2D eigenvalue weighted by molar-refractivity contribution is -0.137. The molecule has 2 N–H and O–H groups in total. The minimum absolute atomic E-state index is 0.0275. The summed E-state index contributed by atoms with van der Waals surface area (Å²) in [5.74, 6) is -1.88. The van der Waals surface area contributed by atoms with E-state index in [0.29, 0.717) is 11.5 Å². The van der Waals surface area contributed by atoms with E-state index in [0.717, 1.165) is 18.5 Å². The Kier molecular flexibility index (Phi) is 6.06. The third-order valence-electron chi connectivity index (χ3n) is 6.20. The van der Waals surface area contributed by atoms with Crippen LogP contribution in [0.3, 0.4) is 0 Å². The van der Waals surface area contributed by atoms with Crippen LogP contribution in [0.4, 0.5) is 24.8 Å². The molecule has 0 unspecified atom stereocenters. The number of rotatable bonds is 5. The molecule has 1 spiro atoms. The predicted molar refractivity (Wildman–Crippen MR) is 130 cm³/mol. The maximum atomic E-state index is 13.3. The number of pyridine rings is 2. The van der Waals surface area contributed by atoms with Crippen molar-refractivity contribution in [1.29, 1.82) is 5.26 Å². The lowest BCUT2D eigenvalue weighted by Crippen LogP contribution is -2.73. The van der Waals surface area contributed by atoms with Gasteiger partial charge in [-0.05, 0) is 24.3 Å². The Labute approximate surface area is 219 Å². The normalized spacial score (nSPS) is 16.2. The Morgan fingerprint density at radius 3 is 2.44 bits per heavy atom. The van der Waals surface area contributed by atoms with E-state index in [9.17, 15) is 31.2 Å². The van der Waals surface area contributed by atoms with Gasteiger partial charge in [0.25, 0.3) is 5.91 Å². The van der Waals surface area contributed by atoms with Crippen molar-refractivity contribution in [3.8, 4) is 11.9 Å². The highest BCUT2D eigenvalue weighted by Crippen LogP contribution is 2.37. The van der Waals surface area contributed by atoms with Crippen molar-refractivity contribution in [2.24, 2.45) is 0 Å². The Morgan fingerprint density at radius 1 is 1.18 bits per heavy atom. The average molecular weight is 561 g/mol. The largest absolute Gasteiger partial charge is 0.417 e. The number of amides is 2. The van der Waals surface area contributed by atoms with Crippen LogP contribution in [0.5, 0.6) is 0 Å². The van der Waals surface area contributed by atoms with Gasteiger partial charge in [-0.25, -0.2) is 18.4 Å². The first kappa shape index (κ1) is 26.1. The van der Waals surface area contributed by atoms with Crippen LogP contribution in [0.1, 0.15) is 27.2 Å². The maximum absolute atomic E-state index is 13.3. The Bertz CT molecular complexity index is 1620. The van der Waals surface area contributed by atoms with E-state index in [2.05, 4.69) is 25.7 Å². The maximum Gasteiger partial charge on any atom is 0.417 e. The fourth-order valence-corrected chi connectivity index (χ4v) is 5.09. The molecular weight excluding hydrogens is 541 g/mol. The van der Waals surface area contributed by atoms with Crippen LogP contribution in [0.2, 0.25) is 0 Å². The number of anilines is 2. The second-order valence-corrected chi connectivity index (χ2v) is 11.5. The number of alkyl halides is 3. The summed E-state index contributed by atoms with van der Waals surface area (Å²) in [5, 5.41) is 18.9. The molecule has 0 atom stereocenters. The van der Waals surface area contributed by atoms with Crippen molar-refractivity contribution < 1.29 is 31.2 Å². The minimum atomic E-state index is -4.51. The Morgan fingerprint density at radius 2 is 1.87 bits per heavy atom. The summed E-state index contributed by atoms with van der Waals surface area (Å²) in [6.07, 6.45) is -1.38. The quantitative estimate of drug-likeness (QED) is 0.465. The minimum Gasteiger partial charge on any atom is -0.352 e. The topological polar surface area (TPSA) is 163 Å². The fourth-order valence-electron chi connectivity index (χ4n) is 4.54. The van der Waals surface area contributed by atoms with Crippen LogP contribution in [0.15, 0.2) is 36.7 Å². The van der Waals surface area contributed by atoms with Crippen molar-refractivity contribution in [3.05, 3.63) is 59.0 Å². The molecule has 0 saturated carbocycles. The second kappa shape index (κ2) is 9.05. The number of sulfone groups is 1. The Hall–Kier alpha value is -4.52. The lowest BCUT2D eigenvalue weighted by Gasteiger charge is -2.52. The van der Waals surface area contributed by atoms with Crippen molar-refractivity contribution in [1.82, 2.24) is 25.1 Å². The lowest BCUT2D eigenvalue weighted by atomic mass is 9.81. The van der Waals surface area contributed by atoms with Gasteiger partial charge in [-0.2, -0.15) is 28.2 Å². The molecule has 39 heavy (non-hydrogen) atoms.